The molecule has 0 radical (unpaired) electrons. The van der Waals surface area contributed by atoms with Gasteiger partial charge in [-0.25, -0.2) is 9.97 Å². The van der Waals surface area contributed by atoms with Crippen molar-refractivity contribution in [3.05, 3.63) is 76.9 Å². The van der Waals surface area contributed by atoms with E-state index in [4.69, 9.17) is 11.6 Å². The van der Waals surface area contributed by atoms with Gasteiger partial charge in [-0.2, -0.15) is 0 Å². The third-order valence-electron chi connectivity index (χ3n) is 3.88. The Bertz CT molecular complexity index is 903. The van der Waals surface area contributed by atoms with E-state index < -0.39 is 0 Å². The van der Waals surface area contributed by atoms with Crippen LogP contribution in [-0.2, 0) is 6.42 Å². The highest BCUT2D eigenvalue weighted by molar-refractivity contribution is 7.98. The molecular weight excluding hydrogens is 366 g/mol. The molecule has 132 valence electrons. The lowest BCUT2D eigenvalue weighted by molar-refractivity contribution is 0.0954. The van der Waals surface area contributed by atoms with Crippen molar-refractivity contribution in [2.75, 3.05) is 12.8 Å². The first kappa shape index (κ1) is 18.4. The molecule has 0 saturated heterocycles. The number of hydrogen-bond donors (Lipinski definition) is 1. The summed E-state index contributed by atoms with van der Waals surface area (Å²) >= 11 is 7.61. The maximum atomic E-state index is 12.7. The monoisotopic (exact) mass is 383 g/mol. The van der Waals surface area contributed by atoms with E-state index in [0.717, 1.165) is 11.1 Å². The van der Waals surface area contributed by atoms with Crippen molar-refractivity contribution in [3.8, 4) is 11.3 Å². The molecule has 0 saturated carbocycles. The summed E-state index contributed by atoms with van der Waals surface area (Å²) in [4.78, 5) is 21.5. The molecule has 1 heterocycles. The first-order valence-electron chi connectivity index (χ1n) is 8.17. The first-order chi connectivity index (χ1) is 12.7. The van der Waals surface area contributed by atoms with Crippen LogP contribution in [0.15, 0.2) is 66.0 Å². The number of aromatic nitrogens is 2. The minimum absolute atomic E-state index is 0.191. The van der Waals surface area contributed by atoms with Crippen molar-refractivity contribution in [2.24, 2.45) is 0 Å². The number of nitrogens with zero attached hydrogens (tertiary/aromatic N) is 2. The fraction of sp³-hybridized carbons (Fsp3) is 0.150. The van der Waals surface area contributed by atoms with Gasteiger partial charge >= 0.3 is 0 Å². The SMILES string of the molecule is CSc1ncc(C(=O)NCCc2ccccc2Cl)c(-c2ccccc2)n1. The fourth-order valence-electron chi connectivity index (χ4n) is 2.55. The number of hydrogen-bond acceptors (Lipinski definition) is 4. The number of carbonyl (C=O) groups excluding carboxylic acids is 1. The highest BCUT2D eigenvalue weighted by Crippen LogP contribution is 2.23. The standard InChI is InChI=1S/C20H18ClN3OS/c1-26-20-23-13-16(18(24-20)15-8-3-2-4-9-15)19(25)22-12-11-14-7-5-6-10-17(14)21/h2-10,13H,11-12H2,1H3,(H,22,25). The normalized spacial score (nSPS) is 10.5. The summed E-state index contributed by atoms with van der Waals surface area (Å²) < 4.78 is 0. The van der Waals surface area contributed by atoms with Crippen LogP contribution in [0.2, 0.25) is 5.02 Å². The second-order valence-electron chi connectivity index (χ2n) is 5.58. The molecule has 0 unspecified atom stereocenters. The molecule has 0 spiro atoms. The molecule has 0 aliphatic carbocycles. The first-order valence-corrected chi connectivity index (χ1v) is 9.77. The summed E-state index contributed by atoms with van der Waals surface area (Å²) in [5, 5.41) is 4.28. The number of carbonyl (C=O) groups is 1. The maximum absolute atomic E-state index is 12.7. The van der Waals surface area contributed by atoms with E-state index in [1.54, 1.807) is 6.20 Å². The van der Waals surface area contributed by atoms with Gasteiger partial charge in [-0.3, -0.25) is 4.79 Å². The van der Waals surface area contributed by atoms with E-state index in [-0.39, 0.29) is 5.91 Å². The van der Waals surface area contributed by atoms with Gasteiger partial charge in [0.25, 0.3) is 5.91 Å². The van der Waals surface area contributed by atoms with Crippen molar-refractivity contribution in [3.63, 3.8) is 0 Å². The van der Waals surface area contributed by atoms with Gasteiger partial charge in [0.05, 0.1) is 11.3 Å². The quantitative estimate of drug-likeness (QED) is 0.503. The lowest BCUT2D eigenvalue weighted by Gasteiger charge is -2.11. The van der Waals surface area contributed by atoms with Crippen molar-refractivity contribution >= 4 is 29.3 Å². The van der Waals surface area contributed by atoms with E-state index >= 15 is 0 Å². The van der Waals surface area contributed by atoms with E-state index in [2.05, 4.69) is 15.3 Å². The van der Waals surface area contributed by atoms with E-state index in [1.165, 1.54) is 11.8 Å². The molecule has 0 bridgehead atoms. The average molecular weight is 384 g/mol. The molecule has 4 nitrogen and oxygen atoms in total. The Labute approximate surface area is 162 Å². The van der Waals surface area contributed by atoms with Crippen molar-refractivity contribution in [1.29, 1.82) is 0 Å². The van der Waals surface area contributed by atoms with Gasteiger partial charge in [0.1, 0.15) is 0 Å². The fourth-order valence-corrected chi connectivity index (χ4v) is 3.12. The summed E-state index contributed by atoms with van der Waals surface area (Å²) in [7, 11) is 0. The van der Waals surface area contributed by atoms with Crippen LogP contribution in [0, 0.1) is 0 Å². The predicted octanol–water partition coefficient (Wildman–Crippen LogP) is 4.49. The smallest absolute Gasteiger partial charge is 0.255 e. The molecule has 1 N–H and O–H groups in total. The van der Waals surface area contributed by atoms with Gasteiger partial charge in [-0.15, -0.1) is 0 Å². The Hall–Kier alpha value is -2.37. The maximum Gasteiger partial charge on any atom is 0.255 e. The lowest BCUT2D eigenvalue weighted by atomic mass is 10.1. The van der Waals surface area contributed by atoms with Crippen LogP contribution in [0.3, 0.4) is 0 Å². The van der Waals surface area contributed by atoms with Gasteiger partial charge in [0.2, 0.25) is 0 Å². The Morgan fingerprint density at radius 1 is 1.12 bits per heavy atom. The number of thioether (sulfide) groups is 1. The Kier molecular flexibility index (Phi) is 6.26. The Morgan fingerprint density at radius 3 is 2.58 bits per heavy atom. The molecule has 6 heteroatoms. The van der Waals surface area contributed by atoms with Crippen LogP contribution in [0.4, 0.5) is 0 Å². The number of halogens is 1. The molecule has 0 atom stereocenters. The molecule has 1 amide bonds. The van der Waals surface area contributed by atoms with E-state index in [0.29, 0.717) is 34.4 Å². The number of rotatable bonds is 6. The molecule has 3 aromatic rings. The zero-order chi connectivity index (χ0) is 18.4. The predicted molar refractivity (Wildman–Crippen MR) is 107 cm³/mol. The van der Waals surface area contributed by atoms with Gasteiger partial charge in [0, 0.05) is 23.3 Å². The molecule has 2 aromatic carbocycles. The van der Waals surface area contributed by atoms with Crippen LogP contribution < -0.4 is 5.32 Å². The highest BCUT2D eigenvalue weighted by Gasteiger charge is 2.16. The second kappa shape index (κ2) is 8.83. The molecule has 3 rings (SSSR count). The van der Waals surface area contributed by atoms with Crippen LogP contribution in [0.1, 0.15) is 15.9 Å². The van der Waals surface area contributed by atoms with E-state index in [9.17, 15) is 4.79 Å². The van der Waals surface area contributed by atoms with Crippen LogP contribution >= 0.6 is 23.4 Å². The van der Waals surface area contributed by atoms with Gasteiger partial charge in [0.15, 0.2) is 5.16 Å². The third kappa shape index (κ3) is 4.42. The highest BCUT2D eigenvalue weighted by atomic mass is 35.5. The molecule has 0 aliphatic rings. The van der Waals surface area contributed by atoms with Crippen molar-refractivity contribution in [2.45, 2.75) is 11.6 Å². The Morgan fingerprint density at radius 2 is 1.85 bits per heavy atom. The summed E-state index contributed by atoms with van der Waals surface area (Å²) in [6.07, 6.45) is 4.16. The summed E-state index contributed by atoms with van der Waals surface area (Å²) in [6, 6.07) is 17.3. The second-order valence-corrected chi connectivity index (χ2v) is 6.76. The number of amides is 1. The van der Waals surface area contributed by atoms with E-state index in [1.807, 2.05) is 60.9 Å². The molecular formula is C20H18ClN3OS. The third-order valence-corrected chi connectivity index (χ3v) is 4.81. The zero-order valence-electron chi connectivity index (χ0n) is 14.3. The molecule has 1 aromatic heterocycles. The van der Waals surface area contributed by atoms with Crippen molar-refractivity contribution in [1.82, 2.24) is 15.3 Å². The summed E-state index contributed by atoms with van der Waals surface area (Å²) in [5.41, 5.74) is 3.00. The molecule has 0 aliphatic heterocycles. The molecule has 26 heavy (non-hydrogen) atoms. The van der Waals surface area contributed by atoms with Crippen molar-refractivity contribution < 1.29 is 4.79 Å². The van der Waals surface area contributed by atoms with Crippen LogP contribution in [-0.4, -0.2) is 28.7 Å². The number of nitrogens with one attached hydrogen (secondary N) is 1. The van der Waals surface area contributed by atoms with Crippen LogP contribution in [0.5, 0.6) is 0 Å². The summed E-state index contributed by atoms with van der Waals surface area (Å²) in [5.74, 6) is -0.191. The lowest BCUT2D eigenvalue weighted by Crippen LogP contribution is -2.26. The largest absolute Gasteiger partial charge is 0.352 e. The summed E-state index contributed by atoms with van der Waals surface area (Å²) in [6.45, 7) is 0.487. The van der Waals surface area contributed by atoms with Gasteiger partial charge in [-0.05, 0) is 24.3 Å². The minimum atomic E-state index is -0.191. The average Bonchev–Trinajstić information content (AvgIpc) is 2.69. The molecule has 0 fully saturated rings. The Balaban J connectivity index is 1.77. The number of benzene rings is 2. The van der Waals surface area contributed by atoms with Gasteiger partial charge < -0.3 is 5.32 Å². The van der Waals surface area contributed by atoms with Gasteiger partial charge in [-0.1, -0.05) is 71.9 Å². The minimum Gasteiger partial charge on any atom is -0.352 e. The zero-order valence-corrected chi connectivity index (χ0v) is 15.8. The topological polar surface area (TPSA) is 54.9 Å². The van der Waals surface area contributed by atoms with Crippen LogP contribution in [0.25, 0.3) is 11.3 Å².